The zero-order valence-corrected chi connectivity index (χ0v) is 9.87. The molecule has 0 saturated carbocycles. The maximum atomic E-state index is 11.4. The number of esters is 1. The van der Waals surface area contributed by atoms with Crippen LogP contribution in [0.4, 0.5) is 0 Å². The van der Waals surface area contributed by atoms with Gasteiger partial charge in [-0.2, -0.15) is 0 Å². The lowest BCUT2D eigenvalue weighted by atomic mass is 10.4. The van der Waals surface area contributed by atoms with Crippen LogP contribution in [0.5, 0.6) is 0 Å². The number of carbonyl (C=O) groups is 1. The molecule has 0 saturated heterocycles. The van der Waals surface area contributed by atoms with Gasteiger partial charge in [-0.3, -0.25) is 0 Å². The molecule has 1 heterocycles. The summed E-state index contributed by atoms with van der Waals surface area (Å²) < 4.78 is 4.89. The largest absolute Gasteiger partial charge is 0.462 e. The van der Waals surface area contributed by atoms with Gasteiger partial charge in [0, 0.05) is 5.33 Å². The standard InChI is InChI=1S/C8H10BrNO2S/c1-3-12-8(11)7-6(4-9)10-5(2)13-7/h3-4H2,1-2H3. The van der Waals surface area contributed by atoms with Crippen LogP contribution in [-0.4, -0.2) is 17.6 Å². The first-order valence-corrected chi connectivity index (χ1v) is 5.82. The normalized spacial score (nSPS) is 10.1. The number of alkyl halides is 1. The first kappa shape index (κ1) is 10.7. The fraction of sp³-hybridized carbons (Fsp3) is 0.500. The average Bonchev–Trinajstić information content (AvgIpc) is 2.47. The van der Waals surface area contributed by atoms with Crippen molar-refractivity contribution >= 4 is 33.2 Å². The van der Waals surface area contributed by atoms with E-state index >= 15 is 0 Å². The minimum Gasteiger partial charge on any atom is -0.462 e. The number of hydrogen-bond acceptors (Lipinski definition) is 4. The van der Waals surface area contributed by atoms with Gasteiger partial charge in [0.1, 0.15) is 4.88 Å². The van der Waals surface area contributed by atoms with Crippen molar-refractivity contribution in [2.45, 2.75) is 19.2 Å². The summed E-state index contributed by atoms with van der Waals surface area (Å²) in [6.45, 7) is 4.07. The summed E-state index contributed by atoms with van der Waals surface area (Å²) in [5.41, 5.74) is 0.765. The Bertz CT molecular complexity index is 311. The maximum Gasteiger partial charge on any atom is 0.350 e. The van der Waals surface area contributed by atoms with Crippen LogP contribution < -0.4 is 0 Å². The first-order chi connectivity index (χ1) is 6.19. The molecule has 0 unspecified atom stereocenters. The molecule has 0 spiro atoms. The Balaban J connectivity index is 2.91. The average molecular weight is 264 g/mol. The van der Waals surface area contributed by atoms with Gasteiger partial charge in [0.05, 0.1) is 17.3 Å². The monoisotopic (exact) mass is 263 g/mol. The molecule has 1 aromatic rings. The van der Waals surface area contributed by atoms with Crippen LogP contribution in [0.2, 0.25) is 0 Å². The zero-order valence-electron chi connectivity index (χ0n) is 7.46. The Morgan fingerprint density at radius 1 is 1.69 bits per heavy atom. The fourth-order valence-electron chi connectivity index (χ4n) is 0.917. The summed E-state index contributed by atoms with van der Waals surface area (Å²) in [6, 6.07) is 0. The number of rotatable bonds is 3. The summed E-state index contributed by atoms with van der Waals surface area (Å²) in [6.07, 6.45) is 0. The molecule has 0 amide bonds. The van der Waals surface area contributed by atoms with Crippen LogP contribution in [0.1, 0.15) is 27.3 Å². The minimum atomic E-state index is -0.275. The maximum absolute atomic E-state index is 11.4. The van der Waals surface area contributed by atoms with Crippen molar-refractivity contribution in [2.75, 3.05) is 6.61 Å². The van der Waals surface area contributed by atoms with Gasteiger partial charge in [0.15, 0.2) is 0 Å². The SMILES string of the molecule is CCOC(=O)c1sc(C)nc1CBr. The Labute approximate surface area is 89.3 Å². The quantitative estimate of drug-likeness (QED) is 0.622. The number of hydrogen-bond donors (Lipinski definition) is 0. The summed E-state index contributed by atoms with van der Waals surface area (Å²) in [5.74, 6) is -0.275. The third kappa shape index (κ3) is 2.51. The van der Waals surface area contributed by atoms with Crippen molar-refractivity contribution in [3.05, 3.63) is 15.6 Å². The van der Waals surface area contributed by atoms with E-state index in [0.29, 0.717) is 16.8 Å². The molecule has 1 rings (SSSR count). The van der Waals surface area contributed by atoms with E-state index in [9.17, 15) is 4.79 Å². The van der Waals surface area contributed by atoms with E-state index in [2.05, 4.69) is 20.9 Å². The summed E-state index contributed by atoms with van der Waals surface area (Å²) >= 11 is 4.65. The van der Waals surface area contributed by atoms with Gasteiger partial charge in [-0.05, 0) is 13.8 Å². The number of aryl methyl sites for hydroxylation is 1. The number of aromatic nitrogens is 1. The number of ether oxygens (including phenoxy) is 1. The van der Waals surface area contributed by atoms with Crippen molar-refractivity contribution in [1.29, 1.82) is 0 Å². The lowest BCUT2D eigenvalue weighted by Crippen LogP contribution is -2.04. The molecular formula is C8H10BrNO2S. The van der Waals surface area contributed by atoms with Crippen LogP contribution in [0.15, 0.2) is 0 Å². The molecular weight excluding hydrogens is 254 g/mol. The van der Waals surface area contributed by atoms with Crippen molar-refractivity contribution in [3.8, 4) is 0 Å². The second-order valence-electron chi connectivity index (χ2n) is 2.36. The summed E-state index contributed by atoms with van der Waals surface area (Å²) in [5, 5.41) is 1.48. The van der Waals surface area contributed by atoms with E-state index in [4.69, 9.17) is 4.74 Å². The van der Waals surface area contributed by atoms with Crippen LogP contribution in [0, 0.1) is 6.92 Å². The van der Waals surface area contributed by atoms with Gasteiger partial charge in [-0.25, -0.2) is 9.78 Å². The first-order valence-electron chi connectivity index (χ1n) is 3.88. The molecule has 0 fully saturated rings. The Morgan fingerprint density at radius 2 is 2.38 bits per heavy atom. The topological polar surface area (TPSA) is 39.2 Å². The van der Waals surface area contributed by atoms with E-state index in [1.165, 1.54) is 11.3 Å². The lowest BCUT2D eigenvalue weighted by Gasteiger charge is -1.98. The predicted octanol–water partition coefficient (Wildman–Crippen LogP) is 2.52. The van der Waals surface area contributed by atoms with Crippen molar-refractivity contribution in [3.63, 3.8) is 0 Å². The van der Waals surface area contributed by atoms with Gasteiger partial charge in [-0.1, -0.05) is 15.9 Å². The third-order valence-electron chi connectivity index (χ3n) is 1.39. The second kappa shape index (κ2) is 4.72. The molecule has 0 N–H and O–H groups in total. The highest BCUT2D eigenvalue weighted by Gasteiger charge is 2.16. The van der Waals surface area contributed by atoms with Gasteiger partial charge in [0.2, 0.25) is 0 Å². The molecule has 3 nitrogen and oxygen atoms in total. The molecule has 0 radical (unpaired) electrons. The highest BCUT2D eigenvalue weighted by Crippen LogP contribution is 2.20. The molecule has 13 heavy (non-hydrogen) atoms. The van der Waals surface area contributed by atoms with Crippen molar-refractivity contribution in [2.24, 2.45) is 0 Å². The Morgan fingerprint density at radius 3 is 2.92 bits per heavy atom. The number of nitrogens with zero attached hydrogens (tertiary/aromatic N) is 1. The number of halogens is 1. The van der Waals surface area contributed by atoms with Crippen molar-refractivity contribution < 1.29 is 9.53 Å². The smallest absolute Gasteiger partial charge is 0.350 e. The minimum absolute atomic E-state index is 0.275. The molecule has 5 heteroatoms. The van der Waals surface area contributed by atoms with Crippen LogP contribution in [0.3, 0.4) is 0 Å². The van der Waals surface area contributed by atoms with E-state index in [0.717, 1.165) is 10.7 Å². The lowest BCUT2D eigenvalue weighted by molar-refractivity contribution is 0.0531. The van der Waals surface area contributed by atoms with E-state index < -0.39 is 0 Å². The molecule has 1 aromatic heterocycles. The molecule has 0 aromatic carbocycles. The Kier molecular flexibility index (Phi) is 3.87. The van der Waals surface area contributed by atoms with Gasteiger partial charge in [0.25, 0.3) is 0 Å². The van der Waals surface area contributed by atoms with E-state index in [-0.39, 0.29) is 5.97 Å². The number of thiazole rings is 1. The highest BCUT2D eigenvalue weighted by molar-refractivity contribution is 9.08. The molecule has 0 bridgehead atoms. The van der Waals surface area contributed by atoms with Crippen LogP contribution in [0.25, 0.3) is 0 Å². The highest BCUT2D eigenvalue weighted by atomic mass is 79.9. The van der Waals surface area contributed by atoms with Crippen LogP contribution >= 0.6 is 27.3 Å². The number of carbonyl (C=O) groups excluding carboxylic acids is 1. The third-order valence-corrected chi connectivity index (χ3v) is 2.92. The predicted molar refractivity (Wildman–Crippen MR) is 55.4 cm³/mol. The Hall–Kier alpha value is -0.420. The van der Waals surface area contributed by atoms with Crippen LogP contribution in [-0.2, 0) is 10.1 Å². The molecule has 0 atom stereocenters. The van der Waals surface area contributed by atoms with Gasteiger partial charge in [-0.15, -0.1) is 11.3 Å². The second-order valence-corrected chi connectivity index (χ2v) is 4.13. The summed E-state index contributed by atoms with van der Waals surface area (Å²) in [7, 11) is 0. The molecule has 0 aliphatic heterocycles. The fourth-order valence-corrected chi connectivity index (χ4v) is 2.34. The summed E-state index contributed by atoms with van der Waals surface area (Å²) in [4.78, 5) is 16.2. The van der Waals surface area contributed by atoms with Gasteiger partial charge >= 0.3 is 5.97 Å². The molecule has 0 aliphatic carbocycles. The van der Waals surface area contributed by atoms with Gasteiger partial charge < -0.3 is 4.74 Å². The van der Waals surface area contributed by atoms with E-state index in [1.807, 2.05) is 6.92 Å². The molecule has 72 valence electrons. The van der Waals surface area contributed by atoms with Crippen molar-refractivity contribution in [1.82, 2.24) is 4.98 Å². The van der Waals surface area contributed by atoms with E-state index in [1.54, 1.807) is 6.92 Å². The zero-order chi connectivity index (χ0) is 9.84. The molecule has 0 aliphatic rings.